The second kappa shape index (κ2) is 10.6. The van der Waals surface area contributed by atoms with Gasteiger partial charge in [0.2, 0.25) is 0 Å². The van der Waals surface area contributed by atoms with E-state index in [-0.39, 0.29) is 6.61 Å². The van der Waals surface area contributed by atoms with E-state index in [1.807, 2.05) is 35.3 Å². The molecule has 5 heterocycles. The quantitative estimate of drug-likeness (QED) is 0.354. The lowest BCUT2D eigenvalue weighted by Crippen LogP contribution is -2.24. The van der Waals surface area contributed by atoms with Crippen molar-refractivity contribution in [1.82, 2.24) is 24.5 Å². The van der Waals surface area contributed by atoms with Crippen LogP contribution in [0.2, 0.25) is 0 Å². The summed E-state index contributed by atoms with van der Waals surface area (Å²) in [4.78, 5) is 18.1. The summed E-state index contributed by atoms with van der Waals surface area (Å²) in [6, 6.07) is 8.18. The molecule has 0 amide bonds. The van der Waals surface area contributed by atoms with E-state index in [4.69, 9.17) is 4.74 Å². The van der Waals surface area contributed by atoms with Gasteiger partial charge in [0.15, 0.2) is 0 Å². The summed E-state index contributed by atoms with van der Waals surface area (Å²) < 4.78 is 7.97. The largest absolute Gasteiger partial charge is 0.491 e. The summed E-state index contributed by atoms with van der Waals surface area (Å²) in [5.74, 6) is 3.00. The van der Waals surface area contributed by atoms with Crippen molar-refractivity contribution in [2.45, 2.75) is 46.1 Å². The van der Waals surface area contributed by atoms with Crippen molar-refractivity contribution in [3.8, 4) is 17.0 Å². The fraction of sp³-hybridized carbons (Fsp3) is 0.429. The molecule has 0 radical (unpaired) electrons. The van der Waals surface area contributed by atoms with Crippen LogP contribution in [0.25, 0.3) is 22.3 Å². The van der Waals surface area contributed by atoms with E-state index in [9.17, 15) is 5.11 Å². The molecular weight excluding hydrogens is 452 g/mol. The van der Waals surface area contributed by atoms with Crippen LogP contribution in [0.3, 0.4) is 0 Å². The Balaban J connectivity index is 1.26. The van der Waals surface area contributed by atoms with Crippen molar-refractivity contribution in [1.29, 1.82) is 0 Å². The minimum Gasteiger partial charge on any atom is -0.491 e. The van der Waals surface area contributed by atoms with E-state index in [1.54, 1.807) is 6.33 Å². The number of nitrogens with zero attached hydrogens (tertiary/aromatic N) is 5. The zero-order chi connectivity index (χ0) is 25.1. The van der Waals surface area contributed by atoms with Crippen LogP contribution in [0.15, 0.2) is 49.2 Å². The molecular formula is C28H34N6O2. The van der Waals surface area contributed by atoms with E-state index in [0.29, 0.717) is 24.3 Å². The first-order chi connectivity index (χ1) is 17.5. The smallest absolute Gasteiger partial charge is 0.144 e. The van der Waals surface area contributed by atoms with Gasteiger partial charge in [-0.05, 0) is 48.8 Å². The molecule has 5 rings (SSSR count). The molecule has 8 heteroatoms. The number of aliphatic hydroxyl groups is 1. The minimum absolute atomic E-state index is 0.0858. The Morgan fingerprint density at radius 1 is 1.11 bits per heavy atom. The number of rotatable bonds is 9. The van der Waals surface area contributed by atoms with Gasteiger partial charge in [0.1, 0.15) is 23.5 Å². The second-order valence-electron chi connectivity index (χ2n) is 9.79. The summed E-state index contributed by atoms with van der Waals surface area (Å²) in [5.41, 5.74) is 4.98. The number of pyridine rings is 2. The van der Waals surface area contributed by atoms with Crippen molar-refractivity contribution in [2.24, 2.45) is 11.8 Å². The molecule has 4 aromatic heterocycles. The zero-order valence-electron chi connectivity index (χ0n) is 21.2. The molecule has 0 aromatic carbocycles. The van der Waals surface area contributed by atoms with Crippen LogP contribution in [0.5, 0.6) is 5.75 Å². The van der Waals surface area contributed by atoms with Crippen molar-refractivity contribution in [3.63, 3.8) is 0 Å². The highest BCUT2D eigenvalue weighted by molar-refractivity contribution is 5.81. The third-order valence-electron chi connectivity index (χ3n) is 7.50. The molecule has 4 aromatic rings. The summed E-state index contributed by atoms with van der Waals surface area (Å²) in [7, 11) is 0. The maximum Gasteiger partial charge on any atom is 0.144 e. The highest BCUT2D eigenvalue weighted by Crippen LogP contribution is 2.38. The van der Waals surface area contributed by atoms with Crippen LogP contribution in [-0.2, 0) is 13.0 Å². The highest BCUT2D eigenvalue weighted by Gasteiger charge is 2.26. The van der Waals surface area contributed by atoms with E-state index < -0.39 is 0 Å². The maximum absolute atomic E-state index is 9.24. The number of hydrogen-bond acceptors (Lipinski definition) is 7. The van der Waals surface area contributed by atoms with Crippen molar-refractivity contribution >= 4 is 16.9 Å². The number of hydrogen-bond donors (Lipinski definition) is 2. The van der Waals surface area contributed by atoms with Gasteiger partial charge < -0.3 is 19.7 Å². The van der Waals surface area contributed by atoms with Gasteiger partial charge >= 0.3 is 0 Å². The fourth-order valence-electron chi connectivity index (χ4n) is 4.97. The van der Waals surface area contributed by atoms with Gasteiger partial charge in [-0.25, -0.2) is 15.0 Å². The molecule has 36 heavy (non-hydrogen) atoms. The monoisotopic (exact) mass is 486 g/mol. The number of aryl methyl sites for hydroxylation is 1. The first kappa shape index (κ1) is 24.2. The van der Waals surface area contributed by atoms with E-state index in [2.05, 4.69) is 58.2 Å². The Morgan fingerprint density at radius 3 is 2.86 bits per heavy atom. The normalized spacial score (nSPS) is 15.7. The average Bonchev–Trinajstić information content (AvgIpc) is 3.33. The molecule has 0 bridgehead atoms. The first-order valence-corrected chi connectivity index (χ1v) is 12.8. The fourth-order valence-corrected chi connectivity index (χ4v) is 4.97. The van der Waals surface area contributed by atoms with Crippen LogP contribution < -0.4 is 10.1 Å². The molecule has 2 N–H and O–H groups in total. The van der Waals surface area contributed by atoms with Crippen molar-refractivity contribution < 1.29 is 9.84 Å². The Morgan fingerprint density at radius 2 is 2.00 bits per heavy atom. The summed E-state index contributed by atoms with van der Waals surface area (Å²) in [5, 5.41) is 13.8. The molecule has 2 unspecified atom stereocenters. The van der Waals surface area contributed by atoms with Crippen molar-refractivity contribution in [2.75, 3.05) is 25.1 Å². The highest BCUT2D eigenvalue weighted by atomic mass is 16.5. The minimum atomic E-state index is 0.0858. The molecule has 0 aliphatic carbocycles. The molecule has 0 fully saturated rings. The van der Waals surface area contributed by atoms with Crippen LogP contribution in [0, 0.1) is 11.8 Å². The summed E-state index contributed by atoms with van der Waals surface area (Å²) in [6.07, 6.45) is 9.32. The van der Waals surface area contributed by atoms with Gasteiger partial charge in [0.05, 0.1) is 24.6 Å². The predicted molar refractivity (Wildman–Crippen MR) is 141 cm³/mol. The first-order valence-electron chi connectivity index (χ1n) is 12.8. The third kappa shape index (κ3) is 4.91. The van der Waals surface area contributed by atoms with Gasteiger partial charge in [0.25, 0.3) is 0 Å². The van der Waals surface area contributed by atoms with Gasteiger partial charge in [-0.15, -0.1) is 0 Å². The topological polar surface area (TPSA) is 98.0 Å². The molecule has 3 atom stereocenters. The molecule has 188 valence electrons. The number of fused-ring (bicyclic) bond motifs is 2. The lowest BCUT2D eigenvalue weighted by Gasteiger charge is -2.29. The van der Waals surface area contributed by atoms with Gasteiger partial charge in [-0.3, -0.25) is 4.98 Å². The van der Waals surface area contributed by atoms with Gasteiger partial charge in [-0.1, -0.05) is 20.8 Å². The molecule has 0 saturated heterocycles. The van der Waals surface area contributed by atoms with Crippen LogP contribution in [0.4, 0.5) is 5.82 Å². The van der Waals surface area contributed by atoms with E-state index >= 15 is 0 Å². The van der Waals surface area contributed by atoms with Crippen LogP contribution >= 0.6 is 0 Å². The van der Waals surface area contributed by atoms with Gasteiger partial charge in [-0.2, -0.15) is 0 Å². The van der Waals surface area contributed by atoms with Crippen LogP contribution in [0.1, 0.15) is 44.4 Å². The number of aliphatic hydroxyl groups excluding tert-OH is 1. The molecule has 1 aliphatic rings. The zero-order valence-corrected chi connectivity index (χ0v) is 21.2. The Kier molecular flexibility index (Phi) is 7.13. The number of nitrogens with one attached hydrogen (secondary N) is 1. The third-order valence-corrected chi connectivity index (χ3v) is 7.50. The standard InChI is InChI=1S/C28H34N6O2/c1-18(19(2)20(3)23-6-8-29-24-5-4-12-36-27(23)24)15-30-26-14-25(32-17-33-26)22-13-21-7-9-34(10-11-35)28(21)31-16-22/h6-9,13-14,16-20,35H,4-5,10-12,15H2,1-3H3,(H,30,32,33)/t18?,19-,20?/m1/s1. The predicted octanol–water partition coefficient (Wildman–Crippen LogP) is 4.69. The van der Waals surface area contributed by atoms with Crippen LogP contribution in [-0.4, -0.2) is 49.4 Å². The lowest BCUT2D eigenvalue weighted by molar-refractivity contribution is 0.272. The Hall–Kier alpha value is -3.52. The number of anilines is 1. The van der Waals surface area contributed by atoms with E-state index in [1.165, 1.54) is 5.56 Å². The van der Waals surface area contributed by atoms with Crippen molar-refractivity contribution in [3.05, 3.63) is 60.4 Å². The number of aromatic nitrogens is 5. The molecule has 0 spiro atoms. The molecule has 8 nitrogen and oxygen atoms in total. The maximum atomic E-state index is 9.24. The summed E-state index contributed by atoms with van der Waals surface area (Å²) in [6.45, 7) is 9.07. The second-order valence-corrected chi connectivity index (χ2v) is 9.79. The molecule has 1 aliphatic heterocycles. The number of ether oxygens (including phenoxy) is 1. The van der Waals surface area contributed by atoms with Gasteiger partial charge in [0, 0.05) is 54.3 Å². The van der Waals surface area contributed by atoms with E-state index in [0.717, 1.165) is 65.5 Å². The Labute approximate surface area is 211 Å². The summed E-state index contributed by atoms with van der Waals surface area (Å²) >= 11 is 0. The molecule has 0 saturated carbocycles. The SMILES string of the molecule is CC(CNc1cc(-c2cnc3c(ccn3CCO)c2)ncn1)[C@@H](C)C(C)c1ccnc2c1OCCC2. The Bertz CT molecular complexity index is 1340. The average molecular weight is 487 g/mol. The lowest BCUT2D eigenvalue weighted by atomic mass is 9.80.